The minimum Gasteiger partial charge on any atom is -0.263 e. The molecule has 0 aromatic carbocycles. The van der Waals surface area contributed by atoms with Crippen LogP contribution in [0.5, 0.6) is 0 Å². The third-order valence-corrected chi connectivity index (χ3v) is 1.45. The quantitative estimate of drug-likeness (QED) is 0.584. The van der Waals surface area contributed by atoms with Crippen LogP contribution < -0.4 is 11.2 Å². The Morgan fingerprint density at radius 1 is 1.75 bits per heavy atom. The van der Waals surface area contributed by atoms with E-state index < -0.39 is 11.1 Å². The van der Waals surface area contributed by atoms with Gasteiger partial charge in [-0.15, -0.1) is 5.10 Å². The molecule has 8 heteroatoms. The molecular formula is C4H8N4O3S. The van der Waals surface area contributed by atoms with Crippen LogP contribution >= 0.6 is 0 Å². The monoisotopic (exact) mass is 192 g/mol. The molecule has 0 aliphatic heterocycles. The van der Waals surface area contributed by atoms with Gasteiger partial charge in [0.15, 0.2) is 11.1 Å². The van der Waals surface area contributed by atoms with Crippen LogP contribution in [-0.2, 0) is 22.4 Å². The zero-order valence-electron chi connectivity index (χ0n) is 6.53. The SMILES string of the molecule is Cn1c(NOS(C)=O)n[nH]c1=O. The average Bonchev–Trinajstić information content (AvgIpc) is 2.30. The summed E-state index contributed by atoms with van der Waals surface area (Å²) in [5.74, 6) is 0.176. The third kappa shape index (κ3) is 1.92. The van der Waals surface area contributed by atoms with Gasteiger partial charge in [-0.1, -0.05) is 0 Å². The maximum atomic E-state index is 10.8. The first-order valence-corrected chi connectivity index (χ1v) is 4.47. The maximum Gasteiger partial charge on any atom is 0.344 e. The van der Waals surface area contributed by atoms with Crippen molar-refractivity contribution in [2.24, 2.45) is 7.05 Å². The number of aromatic nitrogens is 3. The first-order chi connectivity index (χ1) is 5.61. The molecule has 0 saturated carbocycles. The number of rotatable bonds is 3. The Hall–Kier alpha value is -1.15. The molecule has 68 valence electrons. The predicted octanol–water partition coefficient (Wildman–Crippen LogP) is -1.25. The lowest BCUT2D eigenvalue weighted by atomic mass is 11.0. The van der Waals surface area contributed by atoms with E-state index in [1.165, 1.54) is 17.9 Å². The second-order valence-corrected chi connectivity index (χ2v) is 2.97. The summed E-state index contributed by atoms with van der Waals surface area (Å²) in [7, 11) is 1.50. The molecule has 12 heavy (non-hydrogen) atoms. The molecule has 1 rings (SSSR count). The largest absolute Gasteiger partial charge is 0.344 e. The highest BCUT2D eigenvalue weighted by Crippen LogP contribution is 1.94. The highest BCUT2D eigenvalue weighted by Gasteiger charge is 2.02. The van der Waals surface area contributed by atoms with Crippen LogP contribution in [0.25, 0.3) is 0 Å². The Morgan fingerprint density at radius 2 is 2.42 bits per heavy atom. The number of H-pyrrole nitrogens is 1. The molecule has 1 aromatic heterocycles. The normalized spacial score (nSPS) is 12.8. The number of nitrogens with zero attached hydrogens (tertiary/aromatic N) is 2. The molecule has 1 unspecified atom stereocenters. The Morgan fingerprint density at radius 3 is 2.83 bits per heavy atom. The fraction of sp³-hybridized carbons (Fsp3) is 0.500. The Labute approximate surface area is 70.4 Å². The fourth-order valence-corrected chi connectivity index (χ4v) is 0.726. The van der Waals surface area contributed by atoms with E-state index in [1.54, 1.807) is 0 Å². The lowest BCUT2D eigenvalue weighted by molar-refractivity contribution is 0.430. The van der Waals surface area contributed by atoms with Crippen molar-refractivity contribution in [3.05, 3.63) is 10.5 Å². The molecule has 0 amide bonds. The first-order valence-electron chi connectivity index (χ1n) is 2.99. The molecule has 0 aliphatic rings. The van der Waals surface area contributed by atoms with Crippen molar-refractivity contribution in [2.75, 3.05) is 11.7 Å². The van der Waals surface area contributed by atoms with E-state index in [-0.39, 0.29) is 11.6 Å². The zero-order chi connectivity index (χ0) is 9.14. The zero-order valence-corrected chi connectivity index (χ0v) is 7.34. The second kappa shape index (κ2) is 3.50. The fourth-order valence-electron chi connectivity index (χ4n) is 0.534. The summed E-state index contributed by atoms with van der Waals surface area (Å²) in [6.45, 7) is 0. The van der Waals surface area contributed by atoms with Crippen LogP contribution in [0, 0.1) is 0 Å². The number of nitrogens with one attached hydrogen (secondary N) is 2. The molecule has 2 N–H and O–H groups in total. The van der Waals surface area contributed by atoms with E-state index in [1.807, 2.05) is 0 Å². The summed E-state index contributed by atoms with van der Waals surface area (Å²) in [6, 6.07) is 0. The van der Waals surface area contributed by atoms with Gasteiger partial charge in [0.25, 0.3) is 0 Å². The molecule has 1 aromatic rings. The van der Waals surface area contributed by atoms with Crippen LogP contribution in [0.4, 0.5) is 5.95 Å². The molecule has 1 atom stereocenters. The van der Waals surface area contributed by atoms with Gasteiger partial charge in [-0.25, -0.2) is 19.6 Å². The Balaban J connectivity index is 2.70. The van der Waals surface area contributed by atoms with E-state index in [2.05, 4.69) is 20.0 Å². The molecule has 0 saturated heterocycles. The minimum atomic E-state index is -1.45. The lowest BCUT2D eigenvalue weighted by Crippen LogP contribution is -2.15. The van der Waals surface area contributed by atoms with Gasteiger partial charge in [-0.2, -0.15) is 4.28 Å². The van der Waals surface area contributed by atoms with E-state index in [0.717, 1.165) is 0 Å². The van der Waals surface area contributed by atoms with E-state index in [4.69, 9.17) is 0 Å². The average molecular weight is 192 g/mol. The molecule has 0 fully saturated rings. The van der Waals surface area contributed by atoms with Crippen LogP contribution in [0.15, 0.2) is 4.79 Å². The summed E-state index contributed by atoms with van der Waals surface area (Å²) < 4.78 is 16.1. The standard InChI is InChI=1S/C4H8N4O3S/c1-8-3(5-6-4(8)9)7-11-12(2)10/h1-2H3,(H,5,7)(H,6,9). The Kier molecular flexibility index (Phi) is 2.61. The van der Waals surface area contributed by atoms with E-state index in [9.17, 15) is 9.00 Å². The van der Waals surface area contributed by atoms with Crippen molar-refractivity contribution in [2.45, 2.75) is 0 Å². The van der Waals surface area contributed by atoms with Gasteiger partial charge in [-0.05, 0) is 0 Å². The highest BCUT2D eigenvalue weighted by molar-refractivity contribution is 7.79. The van der Waals surface area contributed by atoms with Crippen molar-refractivity contribution in [3.8, 4) is 0 Å². The topological polar surface area (TPSA) is 89.0 Å². The molecule has 0 radical (unpaired) electrons. The summed E-state index contributed by atoms with van der Waals surface area (Å²) >= 11 is -1.45. The summed E-state index contributed by atoms with van der Waals surface area (Å²) in [5.41, 5.74) is 1.88. The minimum absolute atomic E-state index is 0.176. The third-order valence-electron chi connectivity index (χ3n) is 1.13. The lowest BCUT2D eigenvalue weighted by Gasteiger charge is -1.99. The highest BCUT2D eigenvalue weighted by atomic mass is 32.2. The van der Waals surface area contributed by atoms with Crippen molar-refractivity contribution in [1.82, 2.24) is 14.8 Å². The molecule has 0 aliphatic carbocycles. The van der Waals surface area contributed by atoms with Crippen molar-refractivity contribution in [3.63, 3.8) is 0 Å². The first kappa shape index (κ1) is 8.94. The van der Waals surface area contributed by atoms with Crippen LogP contribution in [-0.4, -0.2) is 25.2 Å². The number of aromatic amines is 1. The Bertz CT molecular complexity index is 342. The molecule has 0 spiro atoms. The smallest absolute Gasteiger partial charge is 0.263 e. The predicted molar refractivity (Wildman–Crippen MR) is 42.6 cm³/mol. The van der Waals surface area contributed by atoms with Gasteiger partial charge < -0.3 is 0 Å². The van der Waals surface area contributed by atoms with Gasteiger partial charge in [0.2, 0.25) is 5.95 Å². The maximum absolute atomic E-state index is 10.8. The van der Waals surface area contributed by atoms with Crippen LogP contribution in [0.2, 0.25) is 0 Å². The van der Waals surface area contributed by atoms with Gasteiger partial charge in [-0.3, -0.25) is 4.57 Å². The van der Waals surface area contributed by atoms with Gasteiger partial charge in [0, 0.05) is 13.3 Å². The van der Waals surface area contributed by atoms with Gasteiger partial charge in [0.1, 0.15) is 0 Å². The molecule has 1 heterocycles. The van der Waals surface area contributed by atoms with Crippen LogP contribution in [0.3, 0.4) is 0 Å². The van der Waals surface area contributed by atoms with Crippen molar-refractivity contribution < 1.29 is 8.49 Å². The number of anilines is 1. The van der Waals surface area contributed by atoms with E-state index >= 15 is 0 Å². The van der Waals surface area contributed by atoms with Gasteiger partial charge >= 0.3 is 5.69 Å². The molecular weight excluding hydrogens is 184 g/mol. The van der Waals surface area contributed by atoms with E-state index in [0.29, 0.717) is 0 Å². The van der Waals surface area contributed by atoms with Gasteiger partial charge in [0.05, 0.1) is 0 Å². The summed E-state index contributed by atoms with van der Waals surface area (Å²) in [6.07, 6.45) is 1.35. The summed E-state index contributed by atoms with van der Waals surface area (Å²) in [5, 5.41) is 5.72. The van der Waals surface area contributed by atoms with Crippen molar-refractivity contribution >= 4 is 17.0 Å². The molecule has 7 nitrogen and oxygen atoms in total. The van der Waals surface area contributed by atoms with Crippen LogP contribution in [0.1, 0.15) is 0 Å². The summed E-state index contributed by atoms with van der Waals surface area (Å²) in [4.78, 5) is 10.8. The van der Waals surface area contributed by atoms with Crippen molar-refractivity contribution in [1.29, 1.82) is 0 Å². The second-order valence-electron chi connectivity index (χ2n) is 2.00. The number of hydrogen-bond acceptors (Lipinski definition) is 5. The molecule has 0 bridgehead atoms. The number of hydrogen-bond donors (Lipinski definition) is 2.